The molecule has 6 aliphatic rings. The fourth-order valence-corrected chi connectivity index (χ4v) is 9.48. The van der Waals surface area contributed by atoms with Crippen molar-refractivity contribution in [2.75, 3.05) is 13.2 Å². The molecule has 32 heavy (non-hydrogen) atoms. The smallest absolute Gasteiger partial charge is 0.271 e. The molecule has 3 N–H and O–H groups in total. The lowest BCUT2D eigenvalue weighted by Crippen LogP contribution is -2.55. The van der Waals surface area contributed by atoms with Crippen molar-refractivity contribution in [2.45, 2.75) is 97.0 Å². The Morgan fingerprint density at radius 3 is 2.12 bits per heavy atom. The summed E-state index contributed by atoms with van der Waals surface area (Å²) >= 11 is 0. The van der Waals surface area contributed by atoms with Crippen molar-refractivity contribution in [1.29, 1.82) is 0 Å². The zero-order valence-electron chi connectivity index (χ0n) is 20.2. The zero-order valence-corrected chi connectivity index (χ0v) is 20.2. The Labute approximate surface area is 192 Å². The summed E-state index contributed by atoms with van der Waals surface area (Å²) in [4.78, 5) is 11.7. The molecule has 0 amide bonds. The number of aliphatic hydroxyl groups excluding tert-OH is 1. The summed E-state index contributed by atoms with van der Waals surface area (Å²) in [6.07, 6.45) is 9.14. The number of nitrogens with one attached hydrogen (secondary N) is 2. The van der Waals surface area contributed by atoms with E-state index in [0.29, 0.717) is 36.4 Å². The van der Waals surface area contributed by atoms with Crippen LogP contribution in [0.4, 0.5) is 0 Å². The Bertz CT molecular complexity index is 742. The summed E-state index contributed by atoms with van der Waals surface area (Å²) in [5.41, 5.74) is 6.77. The van der Waals surface area contributed by atoms with Gasteiger partial charge in [0.15, 0.2) is 0 Å². The first-order valence-corrected chi connectivity index (χ1v) is 13.2. The highest BCUT2D eigenvalue weighted by Gasteiger charge is 2.76. The Morgan fingerprint density at radius 1 is 0.812 bits per heavy atom. The van der Waals surface area contributed by atoms with Gasteiger partial charge in [-0.25, -0.2) is 9.68 Å². The van der Waals surface area contributed by atoms with E-state index in [1.165, 1.54) is 32.1 Å². The monoisotopic (exact) mass is 450 g/mol. The number of fused-ring (bicyclic) bond motifs is 5. The molecule has 2 heterocycles. The van der Waals surface area contributed by atoms with Crippen LogP contribution in [0.2, 0.25) is 0 Å². The third kappa shape index (κ3) is 2.98. The molecule has 11 atom stereocenters. The Kier molecular flexibility index (Phi) is 5.11. The molecular weight excluding hydrogens is 408 g/mol. The summed E-state index contributed by atoms with van der Waals surface area (Å²) in [6, 6.07) is 0. The van der Waals surface area contributed by atoms with Crippen molar-refractivity contribution in [3.8, 4) is 0 Å². The summed E-state index contributed by atoms with van der Waals surface area (Å²) < 4.78 is 12.4. The third-order valence-corrected chi connectivity index (χ3v) is 10.9. The summed E-state index contributed by atoms with van der Waals surface area (Å²) in [5.74, 6) is 1.67. The van der Waals surface area contributed by atoms with E-state index >= 15 is 0 Å². The van der Waals surface area contributed by atoms with E-state index in [0.717, 1.165) is 25.2 Å². The van der Waals surface area contributed by atoms with Gasteiger partial charge < -0.3 is 14.6 Å². The van der Waals surface area contributed by atoms with E-state index in [9.17, 15) is 5.11 Å². The Hall–Kier alpha value is -0.280. The normalized spacial score (nSPS) is 58.6. The minimum atomic E-state index is -0.719. The van der Waals surface area contributed by atoms with E-state index in [1.54, 1.807) is 0 Å². The topological polar surface area (TPSA) is 108 Å². The molecule has 2 saturated heterocycles. The first-order chi connectivity index (χ1) is 15.3. The van der Waals surface area contributed by atoms with Gasteiger partial charge in [-0.1, -0.05) is 13.8 Å². The van der Waals surface area contributed by atoms with Gasteiger partial charge in [0.1, 0.15) is 0 Å². The number of rotatable bonds is 6. The Balaban J connectivity index is 1.34. The molecule has 4 aliphatic carbocycles. The van der Waals surface area contributed by atoms with Crippen LogP contribution in [-0.4, -0.2) is 36.2 Å². The molecule has 6 fully saturated rings. The van der Waals surface area contributed by atoms with Crippen molar-refractivity contribution in [2.24, 2.45) is 46.3 Å². The highest BCUT2D eigenvalue weighted by molar-refractivity contribution is 5.16. The maximum Gasteiger partial charge on any atom is 0.271 e. The van der Waals surface area contributed by atoms with Gasteiger partial charge >= 0.3 is 0 Å². The second kappa shape index (κ2) is 7.36. The average Bonchev–Trinajstić information content (AvgIpc) is 3.67. The molecule has 2 aliphatic heterocycles. The molecule has 0 spiro atoms. The van der Waals surface area contributed by atoms with Crippen molar-refractivity contribution >= 4 is 0 Å². The molecule has 182 valence electrons. The molecule has 6 rings (SSSR count). The maximum absolute atomic E-state index is 10.3. The molecule has 6 unspecified atom stereocenters. The second-order valence-electron chi connectivity index (χ2n) is 12.1. The van der Waals surface area contributed by atoms with Gasteiger partial charge in [0, 0.05) is 25.0 Å². The third-order valence-electron chi connectivity index (χ3n) is 10.9. The van der Waals surface area contributed by atoms with Gasteiger partial charge in [-0.3, -0.25) is 0 Å². The standard InChI is InChI=1S/C25H42N2O5/c1-5-29-24(26-31-24)20-14-19-17-8-7-15-13-16(28)9-11-22(15,3)18(17)10-12-23(19,4)21(20)25(27-32-25)30-6-2/h15-21,26-28H,5-14H2,1-4H3/t15?,16?,17-,18-,19+,20?,21?,22+,23+,24?,25?/m1/s1. The lowest BCUT2D eigenvalue weighted by molar-refractivity contribution is -0.179. The molecule has 7 heteroatoms. The van der Waals surface area contributed by atoms with Crippen molar-refractivity contribution in [3.05, 3.63) is 0 Å². The van der Waals surface area contributed by atoms with Gasteiger partial charge in [-0.15, -0.1) is 11.0 Å². The van der Waals surface area contributed by atoms with Crippen LogP contribution in [0.1, 0.15) is 79.1 Å². The minimum Gasteiger partial charge on any atom is -0.393 e. The lowest BCUT2D eigenvalue weighted by atomic mass is 9.44. The molecule has 0 aromatic carbocycles. The van der Waals surface area contributed by atoms with E-state index in [1.807, 2.05) is 13.8 Å². The van der Waals surface area contributed by atoms with Gasteiger partial charge in [0.2, 0.25) is 0 Å². The first-order valence-electron chi connectivity index (χ1n) is 13.2. The number of hydroxylamine groups is 2. The van der Waals surface area contributed by atoms with Crippen LogP contribution >= 0.6 is 0 Å². The predicted molar refractivity (Wildman–Crippen MR) is 117 cm³/mol. The van der Waals surface area contributed by atoms with Gasteiger partial charge in [-0.2, -0.15) is 0 Å². The predicted octanol–water partition coefficient (Wildman–Crippen LogP) is 3.68. The van der Waals surface area contributed by atoms with Gasteiger partial charge in [-0.05, 0) is 99.7 Å². The van der Waals surface area contributed by atoms with E-state index < -0.39 is 11.8 Å². The summed E-state index contributed by atoms with van der Waals surface area (Å²) in [5, 5.41) is 10.3. The molecule has 0 aromatic heterocycles. The molecule has 4 saturated carbocycles. The van der Waals surface area contributed by atoms with Gasteiger partial charge in [0.05, 0.1) is 6.10 Å². The van der Waals surface area contributed by atoms with Crippen molar-refractivity contribution < 1.29 is 24.3 Å². The maximum atomic E-state index is 10.3. The highest BCUT2D eigenvalue weighted by Crippen LogP contribution is 2.72. The largest absolute Gasteiger partial charge is 0.393 e. The number of aliphatic hydroxyl groups is 1. The molecule has 0 radical (unpaired) electrons. The van der Waals surface area contributed by atoms with Crippen LogP contribution in [0.5, 0.6) is 0 Å². The fraction of sp³-hybridized carbons (Fsp3) is 1.00. The van der Waals surface area contributed by atoms with E-state index in [2.05, 4.69) is 24.8 Å². The highest BCUT2D eigenvalue weighted by atomic mass is 17.0. The average molecular weight is 451 g/mol. The van der Waals surface area contributed by atoms with Crippen LogP contribution in [0.3, 0.4) is 0 Å². The van der Waals surface area contributed by atoms with Gasteiger partial charge in [0.25, 0.3) is 11.8 Å². The van der Waals surface area contributed by atoms with Crippen LogP contribution in [0.25, 0.3) is 0 Å². The van der Waals surface area contributed by atoms with Crippen molar-refractivity contribution in [3.63, 3.8) is 0 Å². The zero-order chi connectivity index (χ0) is 22.4. The number of hydrogen-bond donors (Lipinski definition) is 3. The molecule has 7 nitrogen and oxygen atoms in total. The van der Waals surface area contributed by atoms with Crippen molar-refractivity contribution in [1.82, 2.24) is 11.0 Å². The molecule has 0 aromatic rings. The summed E-state index contributed by atoms with van der Waals surface area (Å²) in [7, 11) is 0. The van der Waals surface area contributed by atoms with Crippen LogP contribution < -0.4 is 11.0 Å². The second-order valence-corrected chi connectivity index (χ2v) is 12.1. The molecule has 0 bridgehead atoms. The number of hydrogen-bond acceptors (Lipinski definition) is 7. The lowest BCUT2D eigenvalue weighted by Gasteiger charge is -2.61. The molecular formula is C25H42N2O5. The van der Waals surface area contributed by atoms with E-state index in [4.69, 9.17) is 19.1 Å². The number of ether oxygens (including phenoxy) is 2. The SMILES string of the molecule is CCOC1(C2C[C@H]3[C@@H]4CCC5CC(O)CC[C@]5(C)[C@@H]4CC[C@]3(C)C2C2(OCC)NO2)NO1. The van der Waals surface area contributed by atoms with E-state index in [-0.39, 0.29) is 23.4 Å². The fourth-order valence-electron chi connectivity index (χ4n) is 9.48. The summed E-state index contributed by atoms with van der Waals surface area (Å²) in [6.45, 7) is 10.3. The Morgan fingerprint density at radius 2 is 1.47 bits per heavy atom. The minimum absolute atomic E-state index is 0.0907. The quantitative estimate of drug-likeness (QED) is 0.530. The van der Waals surface area contributed by atoms with Crippen LogP contribution in [-0.2, 0) is 19.1 Å². The van der Waals surface area contributed by atoms with Crippen LogP contribution in [0.15, 0.2) is 0 Å². The van der Waals surface area contributed by atoms with Crippen LogP contribution in [0, 0.1) is 46.3 Å². The first kappa shape index (κ1) is 22.2.